The normalized spacial score (nSPS) is 36.9. The summed E-state index contributed by atoms with van der Waals surface area (Å²) in [6.07, 6.45) is 9.41. The summed E-state index contributed by atoms with van der Waals surface area (Å²) < 4.78 is 28.2. The predicted octanol–water partition coefficient (Wildman–Crippen LogP) is 7.55. The van der Waals surface area contributed by atoms with Crippen molar-refractivity contribution >= 4 is 34.2 Å². The van der Waals surface area contributed by atoms with Gasteiger partial charge in [-0.1, -0.05) is 79.1 Å². The monoisotopic (exact) mass is 464 g/mol. The van der Waals surface area contributed by atoms with Gasteiger partial charge in [0.1, 0.15) is 0 Å². The van der Waals surface area contributed by atoms with Gasteiger partial charge in [-0.2, -0.15) is 0 Å². The van der Waals surface area contributed by atoms with Gasteiger partial charge in [0.25, 0.3) is 0 Å². The quantitative estimate of drug-likeness (QED) is 0.279. The average Bonchev–Trinajstić information content (AvgIpc) is 2.60. The summed E-state index contributed by atoms with van der Waals surface area (Å²) in [7, 11) is -9.24. The van der Waals surface area contributed by atoms with Gasteiger partial charge in [-0.15, -0.1) is 0 Å². The van der Waals surface area contributed by atoms with Gasteiger partial charge in [-0.3, -0.25) is 0 Å². The Hall–Kier alpha value is 0.708. The first-order chi connectivity index (χ1) is 13.1. The molecule has 168 valence electrons. The summed E-state index contributed by atoms with van der Waals surface area (Å²) in [5, 5.41) is 0. The van der Waals surface area contributed by atoms with Crippen molar-refractivity contribution in [3.05, 3.63) is 0 Å². The first-order valence-corrected chi connectivity index (χ1v) is 22.0. The molecular formula is C20H48O4Si4. The Morgan fingerprint density at radius 2 is 0.571 bits per heavy atom. The smallest absolute Gasteiger partial charge is 0.317 e. The molecule has 4 nitrogen and oxygen atoms in total. The summed E-state index contributed by atoms with van der Waals surface area (Å²) in [6.45, 7) is 18.2. The van der Waals surface area contributed by atoms with E-state index in [1.807, 2.05) is 0 Å². The molecule has 0 amide bonds. The minimum Gasteiger partial charge on any atom is -0.416 e. The molecule has 8 heteroatoms. The molecule has 0 spiro atoms. The Morgan fingerprint density at radius 3 is 0.714 bits per heavy atom. The van der Waals surface area contributed by atoms with Gasteiger partial charge in [-0.05, 0) is 50.4 Å². The minimum atomic E-state index is -2.31. The minimum absolute atomic E-state index is 1.06. The lowest BCUT2D eigenvalue weighted by Gasteiger charge is -2.50. The number of unbranched alkanes of at least 4 members (excludes halogenated alkanes) is 4. The van der Waals surface area contributed by atoms with Crippen LogP contribution in [-0.4, -0.2) is 34.2 Å². The lowest BCUT2D eigenvalue weighted by atomic mass is 10.4. The molecular weight excluding hydrogens is 417 g/mol. The van der Waals surface area contributed by atoms with Crippen molar-refractivity contribution < 1.29 is 16.5 Å². The van der Waals surface area contributed by atoms with E-state index in [1.165, 1.54) is 51.4 Å². The van der Waals surface area contributed by atoms with E-state index < -0.39 is 34.2 Å². The van der Waals surface area contributed by atoms with E-state index in [-0.39, 0.29) is 0 Å². The molecule has 0 aromatic heterocycles. The molecule has 0 radical (unpaired) electrons. The second-order valence-electron chi connectivity index (χ2n) is 9.36. The average molecular weight is 465 g/mol. The maximum atomic E-state index is 7.04. The van der Waals surface area contributed by atoms with E-state index in [0.29, 0.717) is 0 Å². The van der Waals surface area contributed by atoms with E-state index in [2.05, 4.69) is 53.9 Å². The molecule has 0 aromatic carbocycles. The molecule has 1 heterocycles. The standard InChI is InChI=1S/C20H48O4Si4/c1-9-13-17-25(5)21-26(6,18-14-10-2)23-28(8,20-16-12-4)24-27(7,22-25)19-15-11-3/h9-20H2,1-8H3. The zero-order valence-corrected chi connectivity index (χ0v) is 24.1. The van der Waals surface area contributed by atoms with Gasteiger partial charge in [0.15, 0.2) is 0 Å². The van der Waals surface area contributed by atoms with Gasteiger partial charge in [0.2, 0.25) is 0 Å². The molecule has 0 aromatic rings. The fourth-order valence-electron chi connectivity index (χ4n) is 4.31. The number of hydrogen-bond acceptors (Lipinski definition) is 4. The first kappa shape index (κ1) is 26.7. The topological polar surface area (TPSA) is 36.9 Å². The highest BCUT2D eigenvalue weighted by atomic mass is 28.5. The fourth-order valence-corrected chi connectivity index (χ4v) is 28.3. The van der Waals surface area contributed by atoms with Crippen molar-refractivity contribution in [3.8, 4) is 0 Å². The number of hydrogen-bond donors (Lipinski definition) is 0. The van der Waals surface area contributed by atoms with E-state index in [4.69, 9.17) is 16.5 Å². The third kappa shape index (κ3) is 8.83. The van der Waals surface area contributed by atoms with Crippen molar-refractivity contribution in [1.82, 2.24) is 0 Å². The zero-order chi connectivity index (χ0) is 21.3. The molecule has 0 bridgehead atoms. The third-order valence-corrected chi connectivity index (χ3v) is 24.5. The molecule has 28 heavy (non-hydrogen) atoms. The van der Waals surface area contributed by atoms with Gasteiger partial charge in [-0.25, -0.2) is 0 Å². The highest BCUT2D eigenvalue weighted by Crippen LogP contribution is 2.39. The lowest BCUT2D eigenvalue weighted by Crippen LogP contribution is -2.67. The zero-order valence-electron chi connectivity index (χ0n) is 20.1. The second-order valence-corrected chi connectivity index (χ2v) is 23.7. The van der Waals surface area contributed by atoms with Crippen molar-refractivity contribution in [1.29, 1.82) is 0 Å². The van der Waals surface area contributed by atoms with E-state index in [1.54, 1.807) is 0 Å². The predicted molar refractivity (Wildman–Crippen MR) is 130 cm³/mol. The molecule has 0 unspecified atom stereocenters. The largest absolute Gasteiger partial charge is 0.416 e. The van der Waals surface area contributed by atoms with Crippen LogP contribution in [0.3, 0.4) is 0 Å². The van der Waals surface area contributed by atoms with Crippen LogP contribution in [0.1, 0.15) is 79.1 Å². The molecule has 1 rings (SSSR count). The van der Waals surface area contributed by atoms with Crippen LogP contribution >= 0.6 is 0 Å². The molecule has 1 aliphatic rings. The molecule has 0 N–H and O–H groups in total. The molecule has 0 aliphatic carbocycles. The summed E-state index contributed by atoms with van der Waals surface area (Å²) in [6, 6.07) is 4.25. The summed E-state index contributed by atoms with van der Waals surface area (Å²) in [4.78, 5) is 0. The fraction of sp³-hybridized carbons (Fsp3) is 1.00. The molecule has 0 saturated carbocycles. The van der Waals surface area contributed by atoms with Crippen LogP contribution in [0.2, 0.25) is 50.4 Å². The Bertz CT molecular complexity index is 362. The third-order valence-electron chi connectivity index (χ3n) is 5.66. The van der Waals surface area contributed by atoms with Crippen molar-refractivity contribution in [2.24, 2.45) is 0 Å². The molecule has 1 fully saturated rings. The maximum absolute atomic E-state index is 7.04. The van der Waals surface area contributed by atoms with Crippen LogP contribution in [0.4, 0.5) is 0 Å². The highest BCUT2D eigenvalue weighted by Gasteiger charge is 2.55. The molecule has 1 aliphatic heterocycles. The van der Waals surface area contributed by atoms with Crippen LogP contribution in [-0.2, 0) is 16.5 Å². The van der Waals surface area contributed by atoms with Gasteiger partial charge >= 0.3 is 34.2 Å². The SMILES string of the molecule is CCCC[Si]1(C)O[Si](C)(CCCC)O[Si](C)(CCCC)O[Si](C)(CCCC)O1. The van der Waals surface area contributed by atoms with Crippen LogP contribution in [0.25, 0.3) is 0 Å². The summed E-state index contributed by atoms with van der Waals surface area (Å²) in [5.74, 6) is 0. The van der Waals surface area contributed by atoms with Crippen LogP contribution in [0.15, 0.2) is 0 Å². The molecule has 1 saturated heterocycles. The van der Waals surface area contributed by atoms with Crippen LogP contribution in [0.5, 0.6) is 0 Å². The Morgan fingerprint density at radius 1 is 0.393 bits per heavy atom. The van der Waals surface area contributed by atoms with E-state index in [9.17, 15) is 0 Å². The van der Waals surface area contributed by atoms with E-state index >= 15 is 0 Å². The lowest BCUT2D eigenvalue weighted by molar-refractivity contribution is 0.220. The summed E-state index contributed by atoms with van der Waals surface area (Å²) in [5.41, 5.74) is 0. The van der Waals surface area contributed by atoms with Gasteiger partial charge < -0.3 is 16.5 Å². The van der Waals surface area contributed by atoms with Gasteiger partial charge in [0, 0.05) is 0 Å². The Labute approximate surface area is 180 Å². The van der Waals surface area contributed by atoms with Crippen molar-refractivity contribution in [2.45, 2.75) is 129 Å². The second kappa shape index (κ2) is 11.9. The highest BCUT2D eigenvalue weighted by molar-refractivity contribution is 6.93. The summed E-state index contributed by atoms with van der Waals surface area (Å²) >= 11 is 0. The first-order valence-electron chi connectivity index (χ1n) is 11.9. The van der Waals surface area contributed by atoms with Gasteiger partial charge in [0.05, 0.1) is 0 Å². The number of rotatable bonds is 12. The Kier molecular flexibility index (Phi) is 11.4. The van der Waals surface area contributed by atoms with Crippen LogP contribution in [0, 0.1) is 0 Å². The molecule has 0 atom stereocenters. The van der Waals surface area contributed by atoms with E-state index in [0.717, 1.165) is 24.2 Å². The van der Waals surface area contributed by atoms with Crippen molar-refractivity contribution in [2.75, 3.05) is 0 Å². The van der Waals surface area contributed by atoms with Crippen LogP contribution < -0.4 is 0 Å². The Balaban J connectivity index is 3.24. The maximum Gasteiger partial charge on any atom is 0.317 e. The van der Waals surface area contributed by atoms with Crippen molar-refractivity contribution in [3.63, 3.8) is 0 Å².